The van der Waals surface area contributed by atoms with Crippen LogP contribution in [0.5, 0.6) is 0 Å². The molecule has 1 aromatic heterocycles. The Morgan fingerprint density at radius 3 is 2.93 bits per heavy atom. The summed E-state index contributed by atoms with van der Waals surface area (Å²) in [5.41, 5.74) is 6.26. The topological polar surface area (TPSA) is 147 Å². The molecule has 0 aliphatic carbocycles. The van der Waals surface area contributed by atoms with Crippen LogP contribution in [-0.2, 0) is 19.2 Å². The number of thiazole rings is 1. The number of rotatable bonds is 7. The molecule has 10 nitrogen and oxygen atoms in total. The lowest BCUT2D eigenvalue weighted by atomic mass is 10.0. The number of aliphatic carboxylic acids is 1. The van der Waals surface area contributed by atoms with Crippen LogP contribution >= 0.6 is 23.1 Å². The van der Waals surface area contributed by atoms with Gasteiger partial charge in [0.1, 0.15) is 29.9 Å². The molecule has 28 heavy (non-hydrogen) atoms. The van der Waals surface area contributed by atoms with E-state index in [9.17, 15) is 19.5 Å². The standard InChI is InChI=1S/C16H17N5O5S2/c1-3-4-7-5-27-14-10(13(23)21(14)11(7)15(24)25)19-12(22)9(20-26-2)8-6-28-16(17)18-8/h3,6,10,14H,1,4-5H2,2H3,(H2,17,18)(H,19,22)(H,24,25)/b20-9-/t10?,14-/m0/s1. The number of carboxylic acids is 1. The summed E-state index contributed by atoms with van der Waals surface area (Å²) in [4.78, 5) is 46.8. The molecule has 1 aromatic rings. The van der Waals surface area contributed by atoms with E-state index in [1.54, 1.807) is 11.5 Å². The third kappa shape index (κ3) is 3.47. The van der Waals surface area contributed by atoms with Crippen LogP contribution in [0.3, 0.4) is 0 Å². The van der Waals surface area contributed by atoms with Crippen LogP contribution in [0.4, 0.5) is 5.13 Å². The van der Waals surface area contributed by atoms with Crippen LogP contribution < -0.4 is 11.1 Å². The molecule has 1 unspecified atom stereocenters. The number of β-lactam (4-membered cyclic amide) rings is 1. The van der Waals surface area contributed by atoms with Crippen LogP contribution in [0, 0.1) is 0 Å². The molecule has 2 aliphatic rings. The molecule has 3 rings (SSSR count). The highest BCUT2D eigenvalue weighted by Gasteiger charge is 2.54. The summed E-state index contributed by atoms with van der Waals surface area (Å²) in [5, 5.41) is 17.1. The van der Waals surface area contributed by atoms with Crippen molar-refractivity contribution in [1.82, 2.24) is 15.2 Å². The number of nitrogens with zero attached hydrogens (tertiary/aromatic N) is 3. The maximum atomic E-state index is 12.6. The summed E-state index contributed by atoms with van der Waals surface area (Å²) in [7, 11) is 1.28. The molecule has 0 aromatic carbocycles. The van der Waals surface area contributed by atoms with Gasteiger partial charge in [-0.15, -0.1) is 29.7 Å². The number of hydrogen-bond donors (Lipinski definition) is 3. The van der Waals surface area contributed by atoms with E-state index >= 15 is 0 Å². The van der Waals surface area contributed by atoms with Crippen molar-refractivity contribution in [1.29, 1.82) is 0 Å². The first-order chi connectivity index (χ1) is 13.4. The minimum absolute atomic E-state index is 0.0443. The first-order valence-corrected chi connectivity index (χ1v) is 9.96. The van der Waals surface area contributed by atoms with E-state index in [2.05, 4.69) is 22.0 Å². The fourth-order valence-corrected chi connectivity index (χ4v) is 4.83. The van der Waals surface area contributed by atoms with E-state index in [1.165, 1.54) is 23.8 Å². The van der Waals surface area contributed by atoms with Gasteiger partial charge in [0.15, 0.2) is 10.8 Å². The van der Waals surface area contributed by atoms with Crippen molar-refractivity contribution in [3.05, 3.63) is 35.0 Å². The number of hydrogen-bond acceptors (Lipinski definition) is 9. The lowest BCUT2D eigenvalue weighted by Gasteiger charge is -2.49. The largest absolute Gasteiger partial charge is 0.477 e. The zero-order chi connectivity index (χ0) is 20.4. The number of carbonyl (C=O) groups is 3. The molecule has 0 saturated carbocycles. The van der Waals surface area contributed by atoms with Gasteiger partial charge in [0, 0.05) is 11.1 Å². The molecule has 0 bridgehead atoms. The molecule has 12 heteroatoms. The first-order valence-electron chi connectivity index (χ1n) is 8.03. The van der Waals surface area contributed by atoms with Crippen LogP contribution in [0.25, 0.3) is 0 Å². The number of aromatic nitrogens is 1. The maximum absolute atomic E-state index is 12.6. The van der Waals surface area contributed by atoms with Crippen molar-refractivity contribution in [2.24, 2.45) is 5.16 Å². The van der Waals surface area contributed by atoms with Crippen LogP contribution in [-0.4, -0.2) is 62.8 Å². The lowest BCUT2D eigenvalue weighted by Crippen LogP contribution is -2.71. The highest BCUT2D eigenvalue weighted by Crippen LogP contribution is 2.41. The highest BCUT2D eigenvalue weighted by molar-refractivity contribution is 8.00. The van der Waals surface area contributed by atoms with Crippen molar-refractivity contribution >= 4 is 51.7 Å². The molecule has 148 valence electrons. The summed E-state index contributed by atoms with van der Waals surface area (Å²) >= 11 is 2.51. The molecule has 1 saturated heterocycles. The SMILES string of the molecule is C=CCC1=C(C(=O)O)N2C(=O)C(NC(=O)/C(=N\OC)c3csc(N)n3)[C@@H]2SC1. The van der Waals surface area contributed by atoms with E-state index in [0.29, 0.717) is 17.7 Å². The fourth-order valence-electron chi connectivity index (χ4n) is 2.92. The van der Waals surface area contributed by atoms with E-state index in [-0.39, 0.29) is 22.2 Å². The number of nitrogens with one attached hydrogen (secondary N) is 1. The smallest absolute Gasteiger partial charge is 0.352 e. The number of nitrogen functional groups attached to an aromatic ring is 1. The van der Waals surface area contributed by atoms with Gasteiger partial charge in [-0.05, 0) is 12.0 Å². The summed E-state index contributed by atoms with van der Waals surface area (Å²) in [6.45, 7) is 3.62. The number of amides is 2. The highest BCUT2D eigenvalue weighted by atomic mass is 32.2. The quantitative estimate of drug-likeness (QED) is 0.247. The van der Waals surface area contributed by atoms with Gasteiger partial charge in [0.25, 0.3) is 11.8 Å². The summed E-state index contributed by atoms with van der Waals surface area (Å²) < 4.78 is 0. The number of oxime groups is 1. The van der Waals surface area contributed by atoms with E-state index in [1.807, 2.05) is 0 Å². The monoisotopic (exact) mass is 423 g/mol. The van der Waals surface area contributed by atoms with Crippen LogP contribution in [0.15, 0.2) is 34.5 Å². The predicted octanol–water partition coefficient (Wildman–Crippen LogP) is 0.391. The second-order valence-corrected chi connectivity index (χ2v) is 7.80. The molecular weight excluding hydrogens is 406 g/mol. The molecule has 2 amide bonds. The van der Waals surface area contributed by atoms with Gasteiger partial charge in [-0.25, -0.2) is 9.78 Å². The van der Waals surface area contributed by atoms with Gasteiger partial charge < -0.3 is 21.0 Å². The van der Waals surface area contributed by atoms with Gasteiger partial charge in [0.05, 0.1) is 0 Å². The van der Waals surface area contributed by atoms with E-state index in [4.69, 9.17) is 10.6 Å². The zero-order valence-corrected chi connectivity index (χ0v) is 16.4. The Bertz CT molecular complexity index is 909. The van der Waals surface area contributed by atoms with Crippen molar-refractivity contribution in [2.45, 2.75) is 17.8 Å². The van der Waals surface area contributed by atoms with Crippen molar-refractivity contribution in [3.63, 3.8) is 0 Å². The minimum Gasteiger partial charge on any atom is -0.477 e. The number of allylic oxidation sites excluding steroid dienone is 1. The molecule has 2 aliphatic heterocycles. The second-order valence-electron chi connectivity index (χ2n) is 5.80. The second kappa shape index (κ2) is 8.02. The number of anilines is 1. The average molecular weight is 423 g/mol. The number of carboxylic acid groups (broad SMARTS) is 1. The van der Waals surface area contributed by atoms with Gasteiger partial charge in [0.2, 0.25) is 0 Å². The Morgan fingerprint density at radius 2 is 2.36 bits per heavy atom. The molecule has 4 N–H and O–H groups in total. The first kappa shape index (κ1) is 19.9. The fraction of sp³-hybridized carbons (Fsp3) is 0.312. The normalized spacial score (nSPS) is 21.7. The Morgan fingerprint density at radius 1 is 1.61 bits per heavy atom. The van der Waals surface area contributed by atoms with Crippen molar-refractivity contribution in [3.8, 4) is 0 Å². The third-order valence-corrected chi connectivity index (χ3v) is 6.10. The lowest BCUT2D eigenvalue weighted by molar-refractivity contribution is -0.150. The third-order valence-electron chi connectivity index (χ3n) is 4.09. The van der Waals surface area contributed by atoms with Crippen molar-refractivity contribution < 1.29 is 24.3 Å². The van der Waals surface area contributed by atoms with E-state index < -0.39 is 29.2 Å². The molecule has 0 radical (unpaired) electrons. The number of carbonyl (C=O) groups excluding carboxylic acids is 2. The zero-order valence-electron chi connectivity index (χ0n) is 14.7. The molecule has 3 heterocycles. The van der Waals surface area contributed by atoms with Crippen LogP contribution in [0.1, 0.15) is 12.1 Å². The summed E-state index contributed by atoms with van der Waals surface area (Å²) in [5.74, 6) is -1.92. The van der Waals surface area contributed by atoms with Gasteiger partial charge in [-0.1, -0.05) is 11.2 Å². The summed E-state index contributed by atoms with van der Waals surface area (Å²) in [6.07, 6.45) is 1.97. The van der Waals surface area contributed by atoms with E-state index in [0.717, 1.165) is 11.3 Å². The van der Waals surface area contributed by atoms with Crippen molar-refractivity contribution in [2.75, 3.05) is 18.6 Å². The Kier molecular flexibility index (Phi) is 5.70. The Labute approximate surface area is 168 Å². The molecule has 1 fully saturated rings. The molecular formula is C16H17N5O5S2. The van der Waals surface area contributed by atoms with Gasteiger partial charge in [-0.3, -0.25) is 14.5 Å². The predicted molar refractivity (Wildman–Crippen MR) is 105 cm³/mol. The minimum atomic E-state index is -1.18. The Balaban J connectivity index is 1.79. The molecule has 0 spiro atoms. The average Bonchev–Trinajstić information content (AvgIpc) is 3.09. The number of thioether (sulfide) groups is 1. The maximum Gasteiger partial charge on any atom is 0.352 e. The number of nitrogens with two attached hydrogens (primary N) is 1. The number of fused-ring (bicyclic) bond motifs is 1. The van der Waals surface area contributed by atoms with Crippen LogP contribution in [0.2, 0.25) is 0 Å². The Hall–Kier alpha value is -2.86. The molecule has 2 atom stereocenters. The summed E-state index contributed by atoms with van der Waals surface area (Å²) in [6, 6.07) is -0.879. The van der Waals surface area contributed by atoms with Gasteiger partial charge >= 0.3 is 5.97 Å². The van der Waals surface area contributed by atoms with Gasteiger partial charge in [-0.2, -0.15) is 0 Å².